The zero-order valence-corrected chi connectivity index (χ0v) is 20.2. The Balaban J connectivity index is 1.86. The van der Waals surface area contributed by atoms with Gasteiger partial charge in [-0.25, -0.2) is 4.98 Å². The van der Waals surface area contributed by atoms with Crippen molar-refractivity contribution >= 4 is 0 Å². The largest absolute Gasteiger partial charge is 0.481 e. The Morgan fingerprint density at radius 1 is 0.812 bits per heavy atom. The van der Waals surface area contributed by atoms with Gasteiger partial charge in [-0.05, 0) is 13.3 Å². The van der Waals surface area contributed by atoms with E-state index in [0.717, 1.165) is 24.1 Å². The van der Waals surface area contributed by atoms with Crippen molar-refractivity contribution in [3.63, 3.8) is 0 Å². The van der Waals surface area contributed by atoms with E-state index in [9.17, 15) is 0 Å². The number of hydrogen-bond donors (Lipinski definition) is 0. The van der Waals surface area contributed by atoms with Crippen molar-refractivity contribution in [3.8, 4) is 5.88 Å². The van der Waals surface area contributed by atoms with E-state index < -0.39 is 0 Å². The molecule has 0 N–H and O–H groups in total. The molecule has 2 bridgehead atoms. The maximum atomic E-state index is 6.06. The van der Waals surface area contributed by atoms with E-state index in [1.165, 1.54) is 32.1 Å². The van der Waals surface area contributed by atoms with Crippen LogP contribution in [0.25, 0.3) is 0 Å². The fourth-order valence-corrected chi connectivity index (χ4v) is 3.52. The zero-order chi connectivity index (χ0) is 22.9. The Labute approximate surface area is 193 Å². The van der Waals surface area contributed by atoms with E-state index in [-0.39, 0.29) is 6.10 Å². The van der Waals surface area contributed by atoms with Crippen LogP contribution < -0.4 is 4.74 Å². The first-order chi connectivity index (χ1) is 15.7. The number of hydrogen-bond acceptors (Lipinski definition) is 8. The van der Waals surface area contributed by atoms with Gasteiger partial charge in [0.15, 0.2) is 5.82 Å². The van der Waals surface area contributed by atoms with Gasteiger partial charge < -0.3 is 28.4 Å². The molecule has 2 rings (SSSR count). The molecule has 1 atom stereocenters. The highest BCUT2D eigenvalue weighted by Crippen LogP contribution is 2.19. The summed E-state index contributed by atoms with van der Waals surface area (Å²) in [6, 6.07) is 0. The Kier molecular flexibility index (Phi) is 14.5. The highest BCUT2D eigenvalue weighted by molar-refractivity contribution is 5.29. The van der Waals surface area contributed by atoms with Gasteiger partial charge in [-0.15, -0.1) is 0 Å². The van der Waals surface area contributed by atoms with Crippen LogP contribution in [0.2, 0.25) is 0 Å². The van der Waals surface area contributed by atoms with E-state index in [0.29, 0.717) is 71.2 Å². The molecule has 0 saturated heterocycles. The average Bonchev–Trinajstić information content (AvgIpc) is 2.80. The topological polar surface area (TPSA) is 81.2 Å². The van der Waals surface area contributed by atoms with E-state index in [2.05, 4.69) is 16.9 Å². The number of rotatable bonds is 8. The van der Waals surface area contributed by atoms with Gasteiger partial charge in [-0.1, -0.05) is 45.4 Å². The van der Waals surface area contributed by atoms with Crippen molar-refractivity contribution in [2.24, 2.45) is 0 Å². The molecule has 0 spiro atoms. The Bertz CT molecular complexity index is 616. The third-order valence-electron chi connectivity index (χ3n) is 5.42. The molecule has 1 aliphatic heterocycles. The van der Waals surface area contributed by atoms with Crippen LogP contribution in [0.1, 0.15) is 69.0 Å². The summed E-state index contributed by atoms with van der Waals surface area (Å²) in [5, 5.41) is 0. The Morgan fingerprint density at radius 3 is 2.31 bits per heavy atom. The Hall–Kier alpha value is -1.32. The third kappa shape index (κ3) is 11.0. The van der Waals surface area contributed by atoms with Crippen molar-refractivity contribution in [2.45, 2.75) is 78.1 Å². The molecular weight excluding hydrogens is 412 g/mol. The molecule has 0 amide bonds. The summed E-state index contributed by atoms with van der Waals surface area (Å²) < 4.78 is 34.4. The maximum absolute atomic E-state index is 6.06. The van der Waals surface area contributed by atoms with Gasteiger partial charge in [-0.2, -0.15) is 4.98 Å². The molecule has 0 fully saturated rings. The van der Waals surface area contributed by atoms with Gasteiger partial charge in [-0.3, -0.25) is 0 Å². The predicted molar refractivity (Wildman–Crippen MR) is 122 cm³/mol. The number of methoxy groups -OCH3 is 1. The predicted octanol–water partition coefficient (Wildman–Crippen LogP) is 4.01. The van der Waals surface area contributed by atoms with Crippen LogP contribution in [0.3, 0.4) is 0 Å². The van der Waals surface area contributed by atoms with Crippen molar-refractivity contribution in [1.29, 1.82) is 0 Å². The Morgan fingerprint density at radius 2 is 1.50 bits per heavy atom. The second kappa shape index (κ2) is 17.2. The summed E-state index contributed by atoms with van der Waals surface area (Å²) in [5.41, 5.74) is 1.68. The molecule has 0 saturated carbocycles. The maximum Gasteiger partial charge on any atom is 0.219 e. The second-order valence-corrected chi connectivity index (χ2v) is 8.06. The number of fused-ring (bicyclic) bond motifs is 2. The van der Waals surface area contributed by atoms with Crippen molar-refractivity contribution in [2.75, 3.05) is 53.4 Å². The van der Waals surface area contributed by atoms with Gasteiger partial charge in [0, 0.05) is 5.56 Å². The fraction of sp³-hybridized carbons (Fsp3) is 0.833. The van der Waals surface area contributed by atoms with Crippen LogP contribution in [0.15, 0.2) is 0 Å². The summed E-state index contributed by atoms with van der Waals surface area (Å²) in [7, 11) is 1.61. The molecule has 8 nitrogen and oxygen atoms in total. The summed E-state index contributed by atoms with van der Waals surface area (Å²) in [5.74, 6) is 1.13. The molecule has 1 aromatic rings. The van der Waals surface area contributed by atoms with Crippen LogP contribution in [0, 0.1) is 6.92 Å². The van der Waals surface area contributed by atoms with Crippen LogP contribution in [-0.2, 0) is 36.9 Å². The van der Waals surface area contributed by atoms with Gasteiger partial charge in [0.05, 0.1) is 71.8 Å². The van der Waals surface area contributed by atoms with E-state index in [1.807, 2.05) is 6.92 Å². The monoisotopic (exact) mass is 454 g/mol. The van der Waals surface area contributed by atoms with Crippen LogP contribution in [0.5, 0.6) is 5.88 Å². The highest BCUT2D eigenvalue weighted by atomic mass is 16.6. The molecular formula is C24H42N2O6. The quantitative estimate of drug-likeness (QED) is 0.545. The number of aromatic nitrogens is 2. The summed E-state index contributed by atoms with van der Waals surface area (Å²) >= 11 is 0. The molecule has 32 heavy (non-hydrogen) atoms. The van der Waals surface area contributed by atoms with Crippen molar-refractivity contribution < 1.29 is 28.4 Å². The SMILES string of the molecule is CCCCCCCCC1COCCOCCOCc2nc(nc(OC)c2C)COCCO1. The van der Waals surface area contributed by atoms with Gasteiger partial charge in [0.2, 0.25) is 5.88 Å². The first-order valence-corrected chi connectivity index (χ1v) is 12.1. The normalized spacial score (nSPS) is 19.8. The van der Waals surface area contributed by atoms with Crippen molar-refractivity contribution in [3.05, 3.63) is 17.1 Å². The fourth-order valence-electron chi connectivity index (χ4n) is 3.52. The van der Waals surface area contributed by atoms with Crippen molar-refractivity contribution in [1.82, 2.24) is 9.97 Å². The van der Waals surface area contributed by atoms with Gasteiger partial charge >= 0.3 is 0 Å². The standard InChI is InChI=1S/C24H42N2O6/c1-4-5-6-7-8-9-10-21-17-29-13-11-28-12-14-30-18-22-20(2)24(27-3)26-23(25-22)19-31-15-16-32-21/h21H,4-19H2,1-3H3. The van der Waals surface area contributed by atoms with Crippen LogP contribution in [0.4, 0.5) is 0 Å². The summed E-state index contributed by atoms with van der Waals surface area (Å²) in [6.45, 7) is 8.51. The first kappa shape index (κ1) is 26.9. The first-order valence-electron chi connectivity index (χ1n) is 12.1. The number of ether oxygens (including phenoxy) is 6. The molecule has 184 valence electrons. The van der Waals surface area contributed by atoms with E-state index in [4.69, 9.17) is 28.4 Å². The lowest BCUT2D eigenvalue weighted by molar-refractivity contribution is -0.0560. The molecule has 1 aliphatic rings. The number of nitrogens with zero attached hydrogens (tertiary/aromatic N) is 2. The minimum absolute atomic E-state index is 0.0781. The third-order valence-corrected chi connectivity index (χ3v) is 5.42. The molecule has 2 heterocycles. The van der Waals surface area contributed by atoms with Crippen LogP contribution in [-0.4, -0.2) is 69.4 Å². The number of unbranched alkanes of at least 4 members (excludes halogenated alkanes) is 5. The van der Waals surface area contributed by atoms with Crippen LogP contribution >= 0.6 is 0 Å². The average molecular weight is 455 g/mol. The van der Waals surface area contributed by atoms with E-state index >= 15 is 0 Å². The van der Waals surface area contributed by atoms with E-state index in [1.54, 1.807) is 7.11 Å². The lowest BCUT2D eigenvalue weighted by Crippen LogP contribution is -2.23. The smallest absolute Gasteiger partial charge is 0.219 e. The lowest BCUT2D eigenvalue weighted by Gasteiger charge is -2.19. The second-order valence-electron chi connectivity index (χ2n) is 8.06. The minimum Gasteiger partial charge on any atom is -0.481 e. The molecule has 0 radical (unpaired) electrons. The molecule has 0 aromatic carbocycles. The summed E-state index contributed by atoms with van der Waals surface area (Å²) in [6.07, 6.45) is 8.69. The molecule has 0 aliphatic carbocycles. The molecule has 1 aromatic heterocycles. The minimum atomic E-state index is 0.0781. The molecule has 1 unspecified atom stereocenters. The molecule has 8 heteroatoms. The highest BCUT2D eigenvalue weighted by Gasteiger charge is 2.13. The summed E-state index contributed by atoms with van der Waals surface area (Å²) in [4.78, 5) is 9.03. The lowest BCUT2D eigenvalue weighted by atomic mass is 10.1. The zero-order valence-electron chi connectivity index (χ0n) is 20.2. The van der Waals surface area contributed by atoms with Gasteiger partial charge in [0.25, 0.3) is 0 Å². The van der Waals surface area contributed by atoms with Gasteiger partial charge in [0.1, 0.15) is 6.61 Å².